The molecule has 1 aromatic carbocycles. The van der Waals surface area contributed by atoms with Crippen molar-refractivity contribution in [3.8, 4) is 0 Å². The lowest BCUT2D eigenvalue weighted by molar-refractivity contribution is -0.139. The van der Waals surface area contributed by atoms with Crippen molar-refractivity contribution < 1.29 is 14.0 Å². The predicted molar refractivity (Wildman–Crippen MR) is 100 cm³/mol. The van der Waals surface area contributed by atoms with E-state index in [1.54, 1.807) is 6.07 Å². The van der Waals surface area contributed by atoms with Crippen molar-refractivity contribution in [3.63, 3.8) is 0 Å². The van der Waals surface area contributed by atoms with Crippen LogP contribution < -0.4 is 5.32 Å². The zero-order valence-corrected chi connectivity index (χ0v) is 15.8. The highest BCUT2D eigenvalue weighted by molar-refractivity contribution is 5.77. The number of carbonyl (C=O) groups is 2. The van der Waals surface area contributed by atoms with Gasteiger partial charge in [-0.3, -0.25) is 4.79 Å². The second-order valence-corrected chi connectivity index (χ2v) is 8.49. The number of urea groups is 1. The van der Waals surface area contributed by atoms with E-state index in [1.165, 1.54) is 25.0 Å². The van der Waals surface area contributed by atoms with Crippen LogP contribution in [0.15, 0.2) is 24.3 Å². The molecule has 1 spiro atoms. The van der Waals surface area contributed by atoms with Gasteiger partial charge in [0.1, 0.15) is 5.82 Å². The molecular formula is C21H28FN3O2. The van der Waals surface area contributed by atoms with E-state index in [0.29, 0.717) is 18.9 Å². The summed E-state index contributed by atoms with van der Waals surface area (Å²) in [5.41, 5.74) is 0.945. The number of carbonyl (C=O) groups excluding carboxylic acids is 2. The van der Waals surface area contributed by atoms with Gasteiger partial charge in [0.2, 0.25) is 5.91 Å². The number of hydrogen-bond acceptors (Lipinski definition) is 2. The standard InChI is InChI=1S/C21H28FN3O2/c22-18-3-1-2-17(12-18)13-23-20(27)24-10-8-21(9-11-24)7-6-19(26)25(15-21)14-16-4-5-16/h1-3,12,16H,4-11,13-15H2,(H,23,27). The minimum Gasteiger partial charge on any atom is -0.342 e. The molecule has 3 amide bonds. The summed E-state index contributed by atoms with van der Waals surface area (Å²) in [5, 5.41) is 2.89. The van der Waals surface area contributed by atoms with Crippen molar-refractivity contribution >= 4 is 11.9 Å². The van der Waals surface area contributed by atoms with Crippen LogP contribution in [0.25, 0.3) is 0 Å². The Kier molecular flexibility index (Phi) is 5.06. The van der Waals surface area contributed by atoms with Crippen molar-refractivity contribution in [1.82, 2.24) is 15.1 Å². The Morgan fingerprint density at radius 1 is 1.22 bits per heavy atom. The number of hydrogen-bond donors (Lipinski definition) is 1. The van der Waals surface area contributed by atoms with Crippen molar-refractivity contribution in [3.05, 3.63) is 35.6 Å². The molecular weight excluding hydrogens is 345 g/mol. The maximum Gasteiger partial charge on any atom is 0.317 e. The summed E-state index contributed by atoms with van der Waals surface area (Å²) >= 11 is 0. The third-order valence-electron chi connectivity index (χ3n) is 6.37. The van der Waals surface area contributed by atoms with E-state index in [9.17, 15) is 14.0 Å². The fourth-order valence-corrected chi connectivity index (χ4v) is 4.41. The fraction of sp³-hybridized carbons (Fsp3) is 0.619. The first-order valence-corrected chi connectivity index (χ1v) is 10.1. The molecule has 0 aromatic heterocycles. The largest absolute Gasteiger partial charge is 0.342 e. The van der Waals surface area contributed by atoms with Crippen LogP contribution in [0, 0.1) is 17.2 Å². The van der Waals surface area contributed by atoms with Gasteiger partial charge in [-0.05, 0) is 61.1 Å². The van der Waals surface area contributed by atoms with Gasteiger partial charge in [0.15, 0.2) is 0 Å². The number of halogens is 1. The predicted octanol–water partition coefficient (Wildman–Crippen LogP) is 3.15. The molecule has 0 atom stereocenters. The molecule has 1 aromatic rings. The molecule has 1 aliphatic carbocycles. The minimum atomic E-state index is -0.288. The Bertz CT molecular complexity index is 711. The number of piperidine rings is 2. The summed E-state index contributed by atoms with van der Waals surface area (Å²) in [7, 11) is 0. The van der Waals surface area contributed by atoms with Crippen LogP contribution in [0.3, 0.4) is 0 Å². The molecule has 146 valence electrons. The van der Waals surface area contributed by atoms with Gasteiger partial charge in [-0.25, -0.2) is 9.18 Å². The van der Waals surface area contributed by atoms with Gasteiger partial charge in [-0.2, -0.15) is 0 Å². The quantitative estimate of drug-likeness (QED) is 0.881. The van der Waals surface area contributed by atoms with Crippen LogP contribution in [0.4, 0.5) is 9.18 Å². The van der Waals surface area contributed by atoms with Crippen LogP contribution in [0.1, 0.15) is 44.1 Å². The molecule has 2 aliphatic heterocycles. The molecule has 1 N–H and O–H groups in total. The smallest absolute Gasteiger partial charge is 0.317 e. The summed E-state index contributed by atoms with van der Waals surface area (Å²) in [4.78, 5) is 28.6. The third-order valence-corrected chi connectivity index (χ3v) is 6.37. The van der Waals surface area contributed by atoms with Crippen LogP contribution in [0.2, 0.25) is 0 Å². The van der Waals surface area contributed by atoms with E-state index in [4.69, 9.17) is 0 Å². The lowest BCUT2D eigenvalue weighted by Gasteiger charge is -2.47. The molecule has 1 saturated carbocycles. The average molecular weight is 373 g/mol. The molecule has 5 nitrogen and oxygen atoms in total. The topological polar surface area (TPSA) is 52.7 Å². The molecule has 2 saturated heterocycles. The molecule has 2 heterocycles. The van der Waals surface area contributed by atoms with Crippen LogP contribution >= 0.6 is 0 Å². The molecule has 3 aliphatic rings. The molecule has 27 heavy (non-hydrogen) atoms. The molecule has 3 fully saturated rings. The van der Waals surface area contributed by atoms with E-state index >= 15 is 0 Å². The molecule has 6 heteroatoms. The Morgan fingerprint density at radius 3 is 2.70 bits per heavy atom. The third kappa shape index (κ3) is 4.42. The second kappa shape index (κ2) is 7.49. The Labute approximate surface area is 159 Å². The highest BCUT2D eigenvalue weighted by Gasteiger charge is 2.42. The summed E-state index contributed by atoms with van der Waals surface area (Å²) in [6, 6.07) is 6.22. The van der Waals surface area contributed by atoms with Crippen LogP contribution in [-0.2, 0) is 11.3 Å². The van der Waals surface area contributed by atoms with Gasteiger partial charge in [0.25, 0.3) is 0 Å². The first-order chi connectivity index (χ1) is 13.0. The van der Waals surface area contributed by atoms with Crippen molar-refractivity contribution in [2.45, 2.75) is 45.1 Å². The zero-order chi connectivity index (χ0) is 18.9. The molecule has 0 radical (unpaired) electrons. The van der Waals surface area contributed by atoms with Gasteiger partial charge in [-0.1, -0.05) is 12.1 Å². The summed E-state index contributed by atoms with van der Waals surface area (Å²) in [5.74, 6) is 0.741. The zero-order valence-electron chi connectivity index (χ0n) is 15.8. The number of amides is 3. The van der Waals surface area contributed by atoms with Crippen molar-refractivity contribution in [2.24, 2.45) is 11.3 Å². The van der Waals surface area contributed by atoms with Crippen LogP contribution in [0.5, 0.6) is 0 Å². The van der Waals surface area contributed by atoms with Gasteiger partial charge >= 0.3 is 6.03 Å². The Hall–Kier alpha value is -2.11. The number of nitrogens with one attached hydrogen (secondary N) is 1. The molecule has 0 bridgehead atoms. The number of rotatable bonds is 4. The summed E-state index contributed by atoms with van der Waals surface area (Å²) in [6.07, 6.45) is 6.03. The van der Waals surface area contributed by atoms with E-state index in [0.717, 1.165) is 56.9 Å². The Balaban J connectivity index is 1.27. The summed E-state index contributed by atoms with van der Waals surface area (Å²) in [6.45, 7) is 3.57. The number of nitrogens with zero attached hydrogens (tertiary/aromatic N) is 2. The molecule has 4 rings (SSSR count). The first kappa shape index (κ1) is 18.3. The van der Waals surface area contributed by atoms with Crippen LogP contribution in [-0.4, -0.2) is 47.9 Å². The van der Waals surface area contributed by atoms with E-state index in [1.807, 2.05) is 11.0 Å². The monoisotopic (exact) mass is 373 g/mol. The Morgan fingerprint density at radius 2 is 2.00 bits per heavy atom. The van der Waals surface area contributed by atoms with Gasteiger partial charge < -0.3 is 15.1 Å². The minimum absolute atomic E-state index is 0.0872. The van der Waals surface area contributed by atoms with Crippen molar-refractivity contribution in [2.75, 3.05) is 26.2 Å². The maximum absolute atomic E-state index is 13.2. The van der Waals surface area contributed by atoms with E-state index in [2.05, 4.69) is 10.2 Å². The SMILES string of the molecule is O=C1CCC2(CCN(C(=O)NCc3cccc(F)c3)CC2)CN1CC1CC1. The second-order valence-electron chi connectivity index (χ2n) is 8.49. The van der Waals surface area contributed by atoms with E-state index in [-0.39, 0.29) is 17.3 Å². The fourth-order valence-electron chi connectivity index (χ4n) is 4.41. The normalized spacial score (nSPS) is 22.2. The average Bonchev–Trinajstić information content (AvgIpc) is 3.48. The van der Waals surface area contributed by atoms with Gasteiger partial charge in [0.05, 0.1) is 0 Å². The van der Waals surface area contributed by atoms with E-state index < -0.39 is 0 Å². The maximum atomic E-state index is 13.2. The number of likely N-dealkylation sites (tertiary alicyclic amines) is 2. The van der Waals surface area contributed by atoms with Crippen molar-refractivity contribution in [1.29, 1.82) is 0 Å². The lowest BCUT2D eigenvalue weighted by Crippen LogP contribution is -2.53. The number of benzene rings is 1. The summed E-state index contributed by atoms with van der Waals surface area (Å²) < 4.78 is 13.2. The highest BCUT2D eigenvalue weighted by Crippen LogP contribution is 2.41. The molecule has 0 unspecified atom stereocenters. The lowest BCUT2D eigenvalue weighted by atomic mass is 9.72. The van der Waals surface area contributed by atoms with Gasteiger partial charge in [-0.15, -0.1) is 0 Å². The highest BCUT2D eigenvalue weighted by atomic mass is 19.1. The van der Waals surface area contributed by atoms with Gasteiger partial charge in [0, 0.05) is 39.1 Å². The first-order valence-electron chi connectivity index (χ1n) is 10.1.